The molecule has 0 fully saturated rings. The monoisotopic (exact) mass is 284 g/mol. The van der Waals surface area contributed by atoms with Gasteiger partial charge in [-0.2, -0.15) is 11.8 Å². The second kappa shape index (κ2) is 7.74. The topological polar surface area (TPSA) is 49.5 Å². The normalized spacial score (nSPS) is 12.7. The molecule has 1 aromatic carbocycles. The van der Waals surface area contributed by atoms with Crippen molar-refractivity contribution in [1.29, 1.82) is 0 Å². The number of nitrogens with zero attached hydrogens (tertiary/aromatic N) is 1. The summed E-state index contributed by atoms with van der Waals surface area (Å²) >= 11 is 6.70. The van der Waals surface area contributed by atoms with Gasteiger partial charge in [0.05, 0.1) is 6.10 Å². The second-order valence-electron chi connectivity index (χ2n) is 4.26. The maximum atomic E-state index is 10.1. The quantitative estimate of drug-likeness (QED) is 0.746. The summed E-state index contributed by atoms with van der Waals surface area (Å²) in [5.41, 5.74) is 7.26. The minimum absolute atomic E-state index is 0.383. The van der Waals surface area contributed by atoms with Crippen molar-refractivity contribution >= 4 is 29.0 Å². The van der Waals surface area contributed by atoms with Gasteiger partial charge < -0.3 is 15.7 Å². The summed E-state index contributed by atoms with van der Waals surface area (Å²) < 4.78 is 0. The molecule has 100 valence electrons. The van der Waals surface area contributed by atoms with Crippen molar-refractivity contribution in [2.45, 2.75) is 6.10 Å². The maximum absolute atomic E-state index is 10.1. The molecule has 3 nitrogen and oxygen atoms in total. The van der Waals surface area contributed by atoms with Gasteiger partial charge in [0.25, 0.3) is 0 Å². The van der Waals surface area contributed by atoms with Gasteiger partial charge in [0.15, 0.2) is 0 Å². The number of benzene rings is 1. The first kappa shape index (κ1) is 15.4. The van der Waals surface area contributed by atoms with Gasteiger partial charge >= 0.3 is 0 Å². The predicted molar refractivity (Wildman–Crippen MR) is 83.2 cm³/mol. The van der Waals surface area contributed by atoms with E-state index in [1.54, 1.807) is 11.8 Å². The van der Waals surface area contributed by atoms with Crippen LogP contribution >= 0.6 is 24.0 Å². The van der Waals surface area contributed by atoms with Crippen molar-refractivity contribution in [3.63, 3.8) is 0 Å². The zero-order valence-corrected chi connectivity index (χ0v) is 12.4. The first-order chi connectivity index (χ1) is 8.54. The van der Waals surface area contributed by atoms with Crippen molar-refractivity contribution < 1.29 is 5.11 Å². The number of aliphatic hydroxyl groups is 1. The molecular weight excluding hydrogens is 264 g/mol. The Kier molecular flexibility index (Phi) is 6.63. The molecule has 5 heteroatoms. The van der Waals surface area contributed by atoms with E-state index in [0.717, 1.165) is 23.4 Å². The summed E-state index contributed by atoms with van der Waals surface area (Å²) in [4.78, 5) is 2.51. The lowest BCUT2D eigenvalue weighted by Gasteiger charge is -2.20. The SMILES string of the molecule is CSCCN(C)CC(O)c1ccc(C(N)=S)cc1. The number of thioether (sulfide) groups is 1. The third kappa shape index (κ3) is 4.94. The molecule has 0 saturated heterocycles. The highest BCUT2D eigenvalue weighted by molar-refractivity contribution is 7.98. The second-order valence-corrected chi connectivity index (χ2v) is 5.68. The molecule has 0 aliphatic rings. The number of hydrogen-bond acceptors (Lipinski definition) is 4. The molecule has 18 heavy (non-hydrogen) atoms. The molecule has 0 aromatic heterocycles. The largest absolute Gasteiger partial charge is 0.389 e. The predicted octanol–water partition coefficient (Wildman–Crippen LogP) is 1.65. The van der Waals surface area contributed by atoms with Gasteiger partial charge in [-0.05, 0) is 18.9 Å². The van der Waals surface area contributed by atoms with Gasteiger partial charge in [-0.1, -0.05) is 36.5 Å². The number of hydrogen-bond donors (Lipinski definition) is 2. The Hall–Kier alpha value is -0.620. The molecule has 1 aromatic rings. The third-order valence-corrected chi connectivity index (χ3v) is 3.57. The Labute approximate surface area is 118 Å². The van der Waals surface area contributed by atoms with Crippen LogP contribution in [-0.2, 0) is 0 Å². The lowest BCUT2D eigenvalue weighted by molar-refractivity contribution is 0.130. The average molecular weight is 284 g/mol. The van der Waals surface area contributed by atoms with Crippen LogP contribution in [0.2, 0.25) is 0 Å². The van der Waals surface area contributed by atoms with Gasteiger partial charge in [-0.15, -0.1) is 0 Å². The van der Waals surface area contributed by atoms with Crippen LogP contribution in [0.4, 0.5) is 0 Å². The van der Waals surface area contributed by atoms with Gasteiger partial charge in [0.1, 0.15) is 4.99 Å². The van der Waals surface area contributed by atoms with Gasteiger partial charge in [0.2, 0.25) is 0 Å². The van der Waals surface area contributed by atoms with Crippen LogP contribution in [-0.4, -0.2) is 47.1 Å². The van der Waals surface area contributed by atoms with Gasteiger partial charge in [-0.3, -0.25) is 0 Å². The zero-order valence-electron chi connectivity index (χ0n) is 10.8. The van der Waals surface area contributed by atoms with Crippen LogP contribution in [0.15, 0.2) is 24.3 Å². The Balaban J connectivity index is 2.55. The van der Waals surface area contributed by atoms with E-state index < -0.39 is 6.10 Å². The lowest BCUT2D eigenvalue weighted by Crippen LogP contribution is -2.26. The summed E-state index contributed by atoms with van der Waals surface area (Å²) in [5, 5.41) is 10.1. The highest BCUT2D eigenvalue weighted by atomic mass is 32.2. The molecule has 1 atom stereocenters. The molecule has 0 heterocycles. The van der Waals surface area contributed by atoms with E-state index in [0.29, 0.717) is 11.5 Å². The highest BCUT2D eigenvalue weighted by Gasteiger charge is 2.10. The fourth-order valence-corrected chi connectivity index (χ4v) is 2.24. The van der Waals surface area contributed by atoms with Crippen molar-refractivity contribution in [2.75, 3.05) is 32.1 Å². The average Bonchev–Trinajstić information content (AvgIpc) is 2.36. The Bertz CT molecular complexity index is 381. The lowest BCUT2D eigenvalue weighted by atomic mass is 10.1. The van der Waals surface area contributed by atoms with Crippen molar-refractivity contribution in [3.05, 3.63) is 35.4 Å². The fraction of sp³-hybridized carbons (Fsp3) is 0.462. The molecule has 1 unspecified atom stereocenters. The number of aliphatic hydroxyl groups excluding tert-OH is 1. The van der Waals surface area contributed by atoms with Gasteiger partial charge in [0, 0.05) is 24.4 Å². The molecule has 0 radical (unpaired) electrons. The Morgan fingerprint density at radius 1 is 1.44 bits per heavy atom. The maximum Gasteiger partial charge on any atom is 0.103 e. The molecule has 1 rings (SSSR count). The fourth-order valence-electron chi connectivity index (χ4n) is 1.61. The Morgan fingerprint density at radius 3 is 2.56 bits per heavy atom. The minimum atomic E-state index is -0.475. The number of nitrogens with two attached hydrogens (primary N) is 1. The van der Waals surface area contributed by atoms with Crippen molar-refractivity contribution in [1.82, 2.24) is 4.90 Å². The smallest absolute Gasteiger partial charge is 0.103 e. The summed E-state index contributed by atoms with van der Waals surface area (Å²) in [6.45, 7) is 1.61. The third-order valence-electron chi connectivity index (χ3n) is 2.74. The van der Waals surface area contributed by atoms with Crippen molar-refractivity contribution in [2.24, 2.45) is 5.73 Å². The van der Waals surface area contributed by atoms with Gasteiger partial charge in [-0.25, -0.2) is 0 Å². The summed E-state index contributed by atoms with van der Waals surface area (Å²) in [7, 11) is 2.02. The van der Waals surface area contributed by atoms with Crippen LogP contribution in [0, 0.1) is 0 Å². The van der Waals surface area contributed by atoms with Crippen LogP contribution < -0.4 is 5.73 Å². The molecule has 0 aliphatic carbocycles. The number of rotatable bonds is 7. The zero-order chi connectivity index (χ0) is 13.5. The molecule has 0 aliphatic heterocycles. The van der Waals surface area contributed by atoms with Crippen LogP contribution in [0.3, 0.4) is 0 Å². The summed E-state index contributed by atoms with van der Waals surface area (Å²) in [6, 6.07) is 7.45. The molecule has 0 amide bonds. The van der Waals surface area contributed by atoms with E-state index >= 15 is 0 Å². The highest BCUT2D eigenvalue weighted by Crippen LogP contribution is 2.15. The van der Waals surface area contributed by atoms with Crippen LogP contribution in [0.1, 0.15) is 17.2 Å². The molecule has 3 N–H and O–H groups in total. The van der Waals surface area contributed by atoms with E-state index in [2.05, 4.69) is 11.2 Å². The first-order valence-corrected chi connectivity index (χ1v) is 7.60. The number of likely N-dealkylation sites (N-methyl/N-ethyl adjacent to an activating group) is 1. The van der Waals surface area contributed by atoms with E-state index in [4.69, 9.17) is 18.0 Å². The van der Waals surface area contributed by atoms with Crippen molar-refractivity contribution in [3.8, 4) is 0 Å². The van der Waals surface area contributed by atoms with Crippen LogP contribution in [0.5, 0.6) is 0 Å². The Morgan fingerprint density at radius 2 is 2.06 bits per heavy atom. The standard InChI is InChI=1S/C13H20N2OS2/c1-15(7-8-18-2)9-12(16)10-3-5-11(6-4-10)13(14)17/h3-6,12,16H,7-9H2,1-2H3,(H2,14,17). The minimum Gasteiger partial charge on any atom is -0.389 e. The van der Waals surface area contributed by atoms with E-state index in [1.165, 1.54) is 0 Å². The van der Waals surface area contributed by atoms with E-state index in [1.807, 2.05) is 31.3 Å². The van der Waals surface area contributed by atoms with E-state index in [9.17, 15) is 5.11 Å². The number of thiocarbonyl (C=S) groups is 1. The molecule has 0 spiro atoms. The summed E-state index contributed by atoms with van der Waals surface area (Å²) in [6.07, 6.45) is 1.61. The summed E-state index contributed by atoms with van der Waals surface area (Å²) in [5.74, 6) is 1.07. The van der Waals surface area contributed by atoms with E-state index in [-0.39, 0.29) is 0 Å². The molecule has 0 bridgehead atoms. The molecule has 0 saturated carbocycles. The van der Waals surface area contributed by atoms with Crippen LogP contribution in [0.25, 0.3) is 0 Å². The molecular formula is C13H20N2OS2. The first-order valence-electron chi connectivity index (χ1n) is 5.80.